The van der Waals surface area contributed by atoms with Crippen LogP contribution >= 0.6 is 0 Å². The van der Waals surface area contributed by atoms with E-state index in [2.05, 4.69) is 105 Å². The van der Waals surface area contributed by atoms with Gasteiger partial charge in [0.05, 0.1) is 0 Å². The Labute approximate surface area is 165 Å². The number of hydrogen-bond donors (Lipinski definition) is 0. The minimum absolute atomic E-state index is 0.630. The van der Waals surface area contributed by atoms with Gasteiger partial charge in [-0.25, -0.2) is 0 Å². The number of benzene rings is 4. The molecule has 0 saturated carbocycles. The van der Waals surface area contributed by atoms with Gasteiger partial charge in [-0.1, -0.05) is 84.4 Å². The van der Waals surface area contributed by atoms with Crippen LogP contribution in [0.5, 0.6) is 5.75 Å². The van der Waals surface area contributed by atoms with E-state index in [1.807, 2.05) is 6.07 Å². The van der Waals surface area contributed by atoms with Crippen molar-refractivity contribution in [2.75, 3.05) is 0 Å². The Kier molecular flexibility index (Phi) is 3.84. The summed E-state index contributed by atoms with van der Waals surface area (Å²) < 4.78 is 6.83. The summed E-state index contributed by atoms with van der Waals surface area (Å²) >= 11 is 0. The molecule has 4 aromatic rings. The molecule has 136 valence electrons. The molecule has 0 N–H and O–H groups in total. The second kappa shape index (κ2) is 6.38. The van der Waals surface area contributed by atoms with Crippen molar-refractivity contribution in [2.45, 2.75) is 19.4 Å². The summed E-state index contributed by atoms with van der Waals surface area (Å²) in [5.74, 6) is 0.921. The highest BCUT2D eigenvalue weighted by Crippen LogP contribution is 2.44. The van der Waals surface area contributed by atoms with Crippen molar-refractivity contribution in [3.8, 4) is 5.75 Å². The van der Waals surface area contributed by atoms with Crippen molar-refractivity contribution in [1.82, 2.24) is 0 Å². The summed E-state index contributed by atoms with van der Waals surface area (Å²) in [5, 5.41) is 2.45. The monoisotopic (exact) mass is 362 g/mol. The Morgan fingerprint density at radius 2 is 1.54 bits per heavy atom. The molecule has 0 spiro atoms. The van der Waals surface area contributed by atoms with Crippen LogP contribution in [0.15, 0.2) is 91.0 Å². The Morgan fingerprint density at radius 3 is 2.36 bits per heavy atom. The lowest BCUT2D eigenvalue weighted by Gasteiger charge is -2.37. The van der Waals surface area contributed by atoms with Gasteiger partial charge in [-0.15, -0.1) is 0 Å². The normalized spacial score (nSPS) is 17.9. The van der Waals surface area contributed by atoms with Crippen LogP contribution in [-0.2, 0) is 5.60 Å². The number of ether oxygens (including phenoxy) is 1. The van der Waals surface area contributed by atoms with Gasteiger partial charge in [0.25, 0.3) is 0 Å². The summed E-state index contributed by atoms with van der Waals surface area (Å²) in [6.45, 7) is 4.30. The molecule has 1 unspecified atom stereocenters. The minimum atomic E-state index is -0.630. The maximum absolute atomic E-state index is 6.83. The van der Waals surface area contributed by atoms with Crippen molar-refractivity contribution in [3.63, 3.8) is 0 Å². The molecule has 4 aromatic carbocycles. The number of fused-ring (bicyclic) bond motifs is 3. The van der Waals surface area contributed by atoms with Crippen molar-refractivity contribution >= 4 is 16.8 Å². The second-order valence-electron chi connectivity index (χ2n) is 7.55. The van der Waals surface area contributed by atoms with E-state index in [0.29, 0.717) is 0 Å². The van der Waals surface area contributed by atoms with Gasteiger partial charge in [0.2, 0.25) is 0 Å². The summed E-state index contributed by atoms with van der Waals surface area (Å²) in [4.78, 5) is 0. The summed E-state index contributed by atoms with van der Waals surface area (Å²) in [6, 6.07) is 29.8. The van der Waals surface area contributed by atoms with Crippen molar-refractivity contribution < 1.29 is 4.74 Å². The molecule has 0 amide bonds. The Balaban J connectivity index is 1.76. The molecule has 1 atom stereocenters. The van der Waals surface area contributed by atoms with E-state index in [4.69, 9.17) is 4.74 Å². The van der Waals surface area contributed by atoms with E-state index in [9.17, 15) is 0 Å². The van der Waals surface area contributed by atoms with Crippen LogP contribution in [0, 0.1) is 13.8 Å². The third-order valence-electron chi connectivity index (χ3n) is 5.67. The lowest BCUT2D eigenvalue weighted by Crippen LogP contribution is -2.35. The zero-order valence-corrected chi connectivity index (χ0v) is 16.1. The van der Waals surface area contributed by atoms with Gasteiger partial charge in [0.15, 0.2) is 5.60 Å². The van der Waals surface area contributed by atoms with Crippen LogP contribution in [0.25, 0.3) is 16.8 Å². The lowest BCUT2D eigenvalue weighted by molar-refractivity contribution is 0.160. The molecule has 1 aliphatic rings. The quantitative estimate of drug-likeness (QED) is 0.381. The second-order valence-corrected chi connectivity index (χ2v) is 7.55. The molecule has 0 aliphatic carbocycles. The molecule has 5 rings (SSSR count). The van der Waals surface area contributed by atoms with Crippen LogP contribution in [0.2, 0.25) is 0 Å². The molecule has 1 heteroatoms. The Bertz CT molecular complexity index is 1200. The molecule has 0 aromatic heterocycles. The molecule has 0 saturated heterocycles. The fourth-order valence-corrected chi connectivity index (χ4v) is 4.32. The molecule has 0 fully saturated rings. The van der Waals surface area contributed by atoms with Crippen molar-refractivity contribution in [3.05, 3.63) is 119 Å². The topological polar surface area (TPSA) is 9.23 Å². The van der Waals surface area contributed by atoms with Crippen LogP contribution in [-0.4, -0.2) is 0 Å². The van der Waals surface area contributed by atoms with E-state index in [0.717, 1.165) is 16.9 Å². The van der Waals surface area contributed by atoms with E-state index < -0.39 is 5.60 Å². The Hall–Kier alpha value is -3.32. The average molecular weight is 362 g/mol. The summed E-state index contributed by atoms with van der Waals surface area (Å²) in [7, 11) is 0. The number of aryl methyl sites for hydroxylation is 2. The first-order chi connectivity index (χ1) is 13.7. The van der Waals surface area contributed by atoms with Gasteiger partial charge in [0.1, 0.15) is 5.75 Å². The van der Waals surface area contributed by atoms with Gasteiger partial charge >= 0.3 is 0 Å². The van der Waals surface area contributed by atoms with Gasteiger partial charge in [-0.2, -0.15) is 0 Å². The van der Waals surface area contributed by atoms with E-state index in [1.165, 1.54) is 27.5 Å². The van der Waals surface area contributed by atoms with E-state index >= 15 is 0 Å². The fourth-order valence-electron chi connectivity index (χ4n) is 4.32. The molecule has 0 radical (unpaired) electrons. The maximum atomic E-state index is 6.83. The van der Waals surface area contributed by atoms with E-state index in [-0.39, 0.29) is 0 Å². The fraction of sp³-hybridized carbons (Fsp3) is 0.111. The largest absolute Gasteiger partial charge is 0.473 e. The summed E-state index contributed by atoms with van der Waals surface area (Å²) in [5.41, 5.74) is 5.33. The Morgan fingerprint density at radius 1 is 0.750 bits per heavy atom. The van der Waals surface area contributed by atoms with Gasteiger partial charge in [-0.3, -0.25) is 0 Å². The third kappa shape index (κ3) is 2.55. The first-order valence-corrected chi connectivity index (χ1v) is 9.71. The van der Waals surface area contributed by atoms with Crippen LogP contribution in [0.4, 0.5) is 0 Å². The molecule has 0 bridgehead atoms. The van der Waals surface area contributed by atoms with Gasteiger partial charge in [0, 0.05) is 16.7 Å². The lowest BCUT2D eigenvalue weighted by atomic mass is 9.81. The molecule has 1 heterocycles. The number of rotatable bonds is 2. The molecular weight excluding hydrogens is 340 g/mol. The first-order valence-electron chi connectivity index (χ1n) is 9.71. The average Bonchev–Trinajstić information content (AvgIpc) is 2.74. The van der Waals surface area contributed by atoms with Crippen LogP contribution in [0.1, 0.15) is 27.8 Å². The van der Waals surface area contributed by atoms with E-state index in [1.54, 1.807) is 0 Å². The first kappa shape index (κ1) is 16.8. The highest BCUT2D eigenvalue weighted by molar-refractivity contribution is 5.94. The summed E-state index contributed by atoms with van der Waals surface area (Å²) in [6.07, 6.45) is 4.45. The van der Waals surface area contributed by atoms with Crippen LogP contribution in [0.3, 0.4) is 0 Å². The molecule has 1 nitrogen and oxygen atoms in total. The van der Waals surface area contributed by atoms with Crippen molar-refractivity contribution in [2.24, 2.45) is 0 Å². The van der Waals surface area contributed by atoms with Crippen LogP contribution < -0.4 is 4.74 Å². The standard InChI is InChI=1S/C27H22O/c1-19-12-14-25(20(2)18-19)27(22-9-4-3-5-10-22)17-16-24-23-11-7-6-8-21(23)13-15-26(24)28-27/h3-18H,1-2H3. The predicted octanol–water partition coefficient (Wildman–Crippen LogP) is 6.81. The zero-order chi connectivity index (χ0) is 19.1. The highest BCUT2D eigenvalue weighted by atomic mass is 16.5. The molecular formula is C27H22O. The number of hydrogen-bond acceptors (Lipinski definition) is 1. The predicted molar refractivity (Wildman–Crippen MR) is 117 cm³/mol. The van der Waals surface area contributed by atoms with Gasteiger partial charge < -0.3 is 4.74 Å². The third-order valence-corrected chi connectivity index (χ3v) is 5.67. The molecule has 1 aliphatic heterocycles. The SMILES string of the molecule is Cc1ccc(C2(c3ccccc3)C=Cc3c(ccc4ccccc34)O2)c(C)c1. The van der Waals surface area contributed by atoms with Crippen molar-refractivity contribution in [1.29, 1.82) is 0 Å². The highest BCUT2D eigenvalue weighted by Gasteiger charge is 2.38. The molecule has 28 heavy (non-hydrogen) atoms. The maximum Gasteiger partial charge on any atom is 0.178 e. The van der Waals surface area contributed by atoms with Gasteiger partial charge in [-0.05, 0) is 48.4 Å². The minimum Gasteiger partial charge on any atom is -0.473 e. The smallest absolute Gasteiger partial charge is 0.178 e. The zero-order valence-electron chi connectivity index (χ0n) is 16.1.